The first-order valence-corrected chi connectivity index (χ1v) is 8.54. The highest BCUT2D eigenvalue weighted by Gasteiger charge is 2.32. The number of rotatable bonds is 7. The van der Waals surface area contributed by atoms with Crippen LogP contribution < -0.4 is 5.32 Å². The van der Waals surface area contributed by atoms with Crippen LogP contribution >= 0.6 is 0 Å². The van der Waals surface area contributed by atoms with Gasteiger partial charge in [0.15, 0.2) is 9.84 Å². The lowest BCUT2D eigenvalue weighted by Gasteiger charge is -2.23. The van der Waals surface area contributed by atoms with Crippen molar-refractivity contribution in [1.29, 1.82) is 0 Å². The molecule has 1 N–H and O–H groups in total. The van der Waals surface area contributed by atoms with E-state index in [9.17, 15) is 18.5 Å². The molecule has 0 aliphatic heterocycles. The van der Waals surface area contributed by atoms with Gasteiger partial charge in [-0.15, -0.1) is 0 Å². The Balaban J connectivity index is 3.12. The van der Waals surface area contributed by atoms with Crippen molar-refractivity contribution in [3.05, 3.63) is 15.8 Å². The van der Waals surface area contributed by atoms with Gasteiger partial charge < -0.3 is 5.32 Å². The largest absolute Gasteiger partial charge is 0.363 e. The van der Waals surface area contributed by atoms with Gasteiger partial charge in [-0.25, -0.2) is 13.1 Å². The van der Waals surface area contributed by atoms with Gasteiger partial charge in [0.2, 0.25) is 5.82 Å². The molecule has 0 aromatic carbocycles. The fourth-order valence-electron chi connectivity index (χ4n) is 1.79. The normalized spacial score (nSPS) is 12.4. The molecular formula is C12H22N4O4S. The molecule has 0 aliphatic carbocycles. The quantitative estimate of drug-likeness (QED) is 0.603. The zero-order chi connectivity index (χ0) is 16.4. The predicted octanol–water partition coefficient (Wildman–Crippen LogP) is 1.52. The van der Waals surface area contributed by atoms with Crippen molar-refractivity contribution < 1.29 is 13.3 Å². The van der Waals surface area contributed by atoms with Crippen LogP contribution in [0.2, 0.25) is 0 Å². The van der Waals surface area contributed by atoms with Gasteiger partial charge in [0.1, 0.15) is 5.69 Å². The summed E-state index contributed by atoms with van der Waals surface area (Å²) in [6, 6.07) is 0. The summed E-state index contributed by atoms with van der Waals surface area (Å²) >= 11 is 0. The number of anilines is 1. The molecule has 0 spiro atoms. The van der Waals surface area contributed by atoms with Crippen LogP contribution in [0.4, 0.5) is 11.5 Å². The maximum absolute atomic E-state index is 11.7. The average molecular weight is 318 g/mol. The number of sulfone groups is 1. The lowest BCUT2D eigenvalue weighted by atomic mass is 10.2. The van der Waals surface area contributed by atoms with Crippen LogP contribution in [0.5, 0.6) is 0 Å². The average Bonchev–Trinajstić information content (AvgIpc) is 2.62. The fourth-order valence-corrected chi connectivity index (χ4v) is 2.13. The molecule has 8 nitrogen and oxygen atoms in total. The maximum Gasteiger partial charge on any atom is 0.333 e. The molecule has 0 atom stereocenters. The van der Waals surface area contributed by atoms with Gasteiger partial charge in [-0.3, -0.25) is 10.1 Å². The molecule has 21 heavy (non-hydrogen) atoms. The Bertz CT molecular complexity index is 634. The standard InChI is InChI=1S/C12H22N4O4S/c1-6-7-9-10(16(17)18)11(15(4)14-9)13-8-12(2,3)21(5,19)20/h13H,6-8H2,1-5H3. The van der Waals surface area contributed by atoms with E-state index in [2.05, 4.69) is 10.4 Å². The van der Waals surface area contributed by atoms with Crippen LogP contribution in [0.25, 0.3) is 0 Å². The lowest BCUT2D eigenvalue weighted by molar-refractivity contribution is -0.384. The molecule has 120 valence electrons. The highest BCUT2D eigenvalue weighted by molar-refractivity contribution is 7.92. The first-order valence-electron chi connectivity index (χ1n) is 6.65. The molecule has 0 amide bonds. The number of hydrogen-bond donors (Lipinski definition) is 1. The van der Waals surface area contributed by atoms with Crippen molar-refractivity contribution in [3.63, 3.8) is 0 Å². The van der Waals surface area contributed by atoms with E-state index < -0.39 is 19.5 Å². The van der Waals surface area contributed by atoms with E-state index in [1.807, 2.05) is 6.92 Å². The molecule has 1 aromatic heterocycles. The Morgan fingerprint density at radius 1 is 1.43 bits per heavy atom. The van der Waals surface area contributed by atoms with E-state index in [1.165, 1.54) is 4.68 Å². The summed E-state index contributed by atoms with van der Waals surface area (Å²) in [6.07, 6.45) is 2.39. The molecule has 1 rings (SSSR count). The number of hydrogen-bond acceptors (Lipinski definition) is 6. The van der Waals surface area contributed by atoms with Crippen LogP contribution in [-0.4, -0.2) is 40.7 Å². The van der Waals surface area contributed by atoms with Crippen molar-refractivity contribution in [3.8, 4) is 0 Å². The number of nitrogens with zero attached hydrogens (tertiary/aromatic N) is 3. The first-order chi connectivity index (χ1) is 9.51. The Labute approximate surface area is 124 Å². The summed E-state index contributed by atoms with van der Waals surface area (Å²) in [6.45, 7) is 5.13. The summed E-state index contributed by atoms with van der Waals surface area (Å²) < 4.78 is 23.7. The third-order valence-corrected chi connectivity index (χ3v) is 5.60. The topological polar surface area (TPSA) is 107 Å². The van der Waals surface area contributed by atoms with Gasteiger partial charge in [0, 0.05) is 19.8 Å². The molecule has 1 heterocycles. The molecule has 0 unspecified atom stereocenters. The summed E-state index contributed by atoms with van der Waals surface area (Å²) in [5.41, 5.74) is 0.327. The van der Waals surface area contributed by atoms with Gasteiger partial charge in [-0.05, 0) is 20.3 Å². The second kappa shape index (κ2) is 6.00. The zero-order valence-electron chi connectivity index (χ0n) is 13.0. The van der Waals surface area contributed by atoms with E-state index in [-0.39, 0.29) is 18.1 Å². The molecule has 9 heteroatoms. The summed E-state index contributed by atoms with van der Waals surface area (Å²) in [5.74, 6) is 0.236. The van der Waals surface area contributed by atoms with Crippen molar-refractivity contribution in [2.45, 2.75) is 38.4 Å². The molecule has 0 aliphatic rings. The van der Waals surface area contributed by atoms with Gasteiger partial charge in [0.25, 0.3) is 0 Å². The van der Waals surface area contributed by atoms with Gasteiger partial charge in [0.05, 0.1) is 9.67 Å². The molecule has 0 radical (unpaired) electrons. The Morgan fingerprint density at radius 2 is 2.00 bits per heavy atom. The summed E-state index contributed by atoms with van der Waals surface area (Å²) in [4.78, 5) is 10.8. The van der Waals surface area contributed by atoms with Crippen LogP contribution in [0.1, 0.15) is 32.9 Å². The van der Waals surface area contributed by atoms with E-state index in [4.69, 9.17) is 0 Å². The third-order valence-electron chi connectivity index (χ3n) is 3.45. The highest BCUT2D eigenvalue weighted by Crippen LogP contribution is 2.30. The molecule has 1 aromatic rings. The minimum absolute atomic E-state index is 0.0672. The van der Waals surface area contributed by atoms with Crippen molar-refractivity contribution in [2.75, 3.05) is 18.1 Å². The van der Waals surface area contributed by atoms with Crippen molar-refractivity contribution in [2.24, 2.45) is 7.05 Å². The molecular weight excluding hydrogens is 296 g/mol. The lowest BCUT2D eigenvalue weighted by Crippen LogP contribution is -2.38. The van der Waals surface area contributed by atoms with E-state index in [1.54, 1.807) is 20.9 Å². The summed E-state index contributed by atoms with van der Waals surface area (Å²) in [5, 5.41) is 18.3. The number of nitrogens with one attached hydrogen (secondary N) is 1. The van der Waals surface area contributed by atoms with Crippen LogP contribution in [-0.2, 0) is 23.3 Å². The van der Waals surface area contributed by atoms with Crippen molar-refractivity contribution >= 4 is 21.3 Å². The van der Waals surface area contributed by atoms with E-state index >= 15 is 0 Å². The monoisotopic (exact) mass is 318 g/mol. The SMILES string of the molecule is CCCc1nn(C)c(NCC(C)(C)S(C)(=O)=O)c1[N+](=O)[O-]. The summed E-state index contributed by atoms with van der Waals surface area (Å²) in [7, 11) is -1.68. The van der Waals surface area contributed by atoms with E-state index in [0.29, 0.717) is 12.1 Å². The van der Waals surface area contributed by atoms with E-state index in [0.717, 1.165) is 12.7 Å². The molecule has 0 saturated carbocycles. The number of nitro groups is 1. The minimum atomic E-state index is -3.28. The predicted molar refractivity (Wildman–Crippen MR) is 81.3 cm³/mol. The minimum Gasteiger partial charge on any atom is -0.363 e. The molecule has 0 fully saturated rings. The second-order valence-electron chi connectivity index (χ2n) is 5.66. The van der Waals surface area contributed by atoms with Crippen LogP contribution in [0.3, 0.4) is 0 Å². The maximum atomic E-state index is 11.7. The van der Waals surface area contributed by atoms with Gasteiger partial charge in [-0.1, -0.05) is 13.3 Å². The second-order valence-corrected chi connectivity index (χ2v) is 8.31. The Hall–Kier alpha value is -1.64. The van der Waals surface area contributed by atoms with Crippen molar-refractivity contribution in [1.82, 2.24) is 9.78 Å². The number of aromatic nitrogens is 2. The van der Waals surface area contributed by atoms with Crippen LogP contribution in [0, 0.1) is 10.1 Å². The Kier molecular flexibility index (Phi) is 4.98. The third kappa shape index (κ3) is 3.72. The zero-order valence-corrected chi connectivity index (χ0v) is 13.8. The highest BCUT2D eigenvalue weighted by atomic mass is 32.2. The number of aryl methyl sites for hydroxylation is 2. The first kappa shape index (κ1) is 17.4. The van der Waals surface area contributed by atoms with Gasteiger partial charge >= 0.3 is 5.69 Å². The Morgan fingerprint density at radius 3 is 2.43 bits per heavy atom. The smallest absolute Gasteiger partial charge is 0.333 e. The molecule has 0 bridgehead atoms. The fraction of sp³-hybridized carbons (Fsp3) is 0.750. The molecule has 0 saturated heterocycles. The van der Waals surface area contributed by atoms with Crippen LogP contribution in [0.15, 0.2) is 0 Å². The van der Waals surface area contributed by atoms with Gasteiger partial charge in [-0.2, -0.15) is 5.10 Å².